The van der Waals surface area contributed by atoms with Crippen LogP contribution in [0.1, 0.15) is 60.8 Å². The third-order valence-electron chi connectivity index (χ3n) is 2.48. The highest BCUT2D eigenvalue weighted by molar-refractivity contribution is 5.73. The van der Waals surface area contributed by atoms with E-state index in [2.05, 4.69) is 10.6 Å². The number of unbranched alkanes of at least 4 members (excludes halogenated alkanes) is 1. The van der Waals surface area contributed by atoms with Crippen molar-refractivity contribution in [2.24, 2.45) is 0 Å². The zero-order valence-electron chi connectivity index (χ0n) is 15.0. The molecule has 23 heavy (non-hydrogen) atoms. The maximum atomic E-state index is 11.6. The van der Waals surface area contributed by atoms with Crippen LogP contribution in [0.15, 0.2) is 0 Å². The molecule has 0 rings (SSSR count). The number of nitrogens with one attached hydrogen (secondary N) is 2. The second-order valence-corrected chi connectivity index (χ2v) is 7.31. The van der Waals surface area contributed by atoms with Gasteiger partial charge in [0.25, 0.3) is 0 Å². The first-order valence-corrected chi connectivity index (χ1v) is 7.84. The van der Waals surface area contributed by atoms with Crippen LogP contribution in [0.25, 0.3) is 0 Å². The number of hydrogen-bond donors (Lipinski definition) is 2. The van der Waals surface area contributed by atoms with Gasteiger partial charge in [-0.2, -0.15) is 0 Å². The third-order valence-corrected chi connectivity index (χ3v) is 2.48. The third kappa shape index (κ3) is 13.6. The Balaban J connectivity index is 3.90. The highest BCUT2D eigenvalue weighted by atomic mass is 16.6. The lowest BCUT2D eigenvalue weighted by Crippen LogP contribution is -2.40. The van der Waals surface area contributed by atoms with Gasteiger partial charge in [0.15, 0.2) is 0 Å². The van der Waals surface area contributed by atoms with Crippen molar-refractivity contribution >= 4 is 18.5 Å². The highest BCUT2D eigenvalue weighted by Gasteiger charge is 2.19. The highest BCUT2D eigenvalue weighted by Crippen LogP contribution is 2.08. The molecule has 0 heterocycles. The van der Waals surface area contributed by atoms with Gasteiger partial charge in [-0.1, -0.05) is 0 Å². The Bertz CT molecular complexity index is 396. The Morgan fingerprint density at radius 1 is 0.957 bits per heavy atom. The Labute approximate surface area is 138 Å². The van der Waals surface area contributed by atoms with E-state index < -0.39 is 29.4 Å². The summed E-state index contributed by atoms with van der Waals surface area (Å²) < 4.78 is 10.2. The lowest BCUT2D eigenvalue weighted by molar-refractivity contribution is -0.109. The van der Waals surface area contributed by atoms with E-state index >= 15 is 0 Å². The number of rotatable bonds is 7. The largest absolute Gasteiger partial charge is 0.444 e. The second kappa shape index (κ2) is 9.37. The van der Waals surface area contributed by atoms with E-state index in [1.165, 1.54) is 0 Å². The first kappa shape index (κ1) is 21.2. The van der Waals surface area contributed by atoms with Crippen LogP contribution >= 0.6 is 0 Å². The molecule has 0 aromatic rings. The summed E-state index contributed by atoms with van der Waals surface area (Å²) in [5, 5.41) is 5.15. The minimum Gasteiger partial charge on any atom is -0.444 e. The molecule has 0 saturated carbocycles. The van der Waals surface area contributed by atoms with Crippen molar-refractivity contribution in [3.63, 3.8) is 0 Å². The van der Waals surface area contributed by atoms with Gasteiger partial charge >= 0.3 is 12.2 Å². The van der Waals surface area contributed by atoms with Crippen molar-refractivity contribution < 1.29 is 23.9 Å². The molecule has 0 saturated heterocycles. The lowest BCUT2D eigenvalue weighted by Gasteiger charge is -2.21. The van der Waals surface area contributed by atoms with Crippen LogP contribution in [0.5, 0.6) is 0 Å². The number of amides is 2. The molecule has 0 aliphatic rings. The first-order chi connectivity index (χ1) is 10.4. The van der Waals surface area contributed by atoms with Crippen molar-refractivity contribution in [1.82, 2.24) is 10.6 Å². The predicted molar refractivity (Wildman–Crippen MR) is 87.3 cm³/mol. The summed E-state index contributed by atoms with van der Waals surface area (Å²) in [7, 11) is 0. The van der Waals surface area contributed by atoms with E-state index in [4.69, 9.17) is 9.47 Å². The molecule has 1 unspecified atom stereocenters. The van der Waals surface area contributed by atoms with Gasteiger partial charge in [-0.05, 0) is 60.8 Å². The quantitative estimate of drug-likeness (QED) is 0.553. The Morgan fingerprint density at radius 3 is 1.96 bits per heavy atom. The molecule has 0 radical (unpaired) electrons. The summed E-state index contributed by atoms with van der Waals surface area (Å²) in [5.74, 6) is 0. The molecular formula is C16H30N2O5. The van der Waals surface area contributed by atoms with Crippen LogP contribution in [0.4, 0.5) is 9.59 Å². The molecule has 0 aliphatic carbocycles. The Kier molecular flexibility index (Phi) is 8.64. The van der Waals surface area contributed by atoms with Crippen molar-refractivity contribution in [3.05, 3.63) is 0 Å². The Hall–Kier alpha value is -1.79. The number of ether oxygens (including phenoxy) is 2. The van der Waals surface area contributed by atoms with Crippen molar-refractivity contribution in [2.75, 3.05) is 6.54 Å². The predicted octanol–water partition coefficient (Wildman–Crippen LogP) is 2.77. The number of alkyl carbamates (subject to hydrolysis) is 2. The van der Waals surface area contributed by atoms with Crippen LogP contribution in [0.3, 0.4) is 0 Å². The zero-order chi connectivity index (χ0) is 18.1. The molecule has 134 valence electrons. The fourth-order valence-electron chi connectivity index (χ4n) is 1.63. The number of hydrogen-bond acceptors (Lipinski definition) is 5. The van der Waals surface area contributed by atoms with Crippen LogP contribution in [0, 0.1) is 0 Å². The summed E-state index contributed by atoms with van der Waals surface area (Å²) in [6.45, 7) is 11.1. The van der Waals surface area contributed by atoms with Gasteiger partial charge in [0, 0.05) is 6.54 Å². The van der Waals surface area contributed by atoms with E-state index in [-0.39, 0.29) is 0 Å². The molecule has 0 spiro atoms. The fourth-order valence-corrected chi connectivity index (χ4v) is 1.63. The number of carbonyl (C=O) groups is 3. The average Bonchev–Trinajstić information content (AvgIpc) is 2.32. The Morgan fingerprint density at radius 2 is 1.48 bits per heavy atom. The molecule has 0 bridgehead atoms. The first-order valence-electron chi connectivity index (χ1n) is 7.84. The van der Waals surface area contributed by atoms with Crippen molar-refractivity contribution in [3.8, 4) is 0 Å². The SMILES string of the molecule is CC(C)(C)OC(=O)NCCCCC(C=O)NC(=O)OC(C)(C)C. The van der Waals surface area contributed by atoms with E-state index in [9.17, 15) is 14.4 Å². The van der Waals surface area contributed by atoms with Gasteiger partial charge in [0.05, 0.1) is 6.04 Å². The second-order valence-electron chi connectivity index (χ2n) is 7.31. The number of carbonyl (C=O) groups excluding carboxylic acids is 3. The van der Waals surface area contributed by atoms with E-state index in [0.29, 0.717) is 32.1 Å². The molecule has 1 atom stereocenters. The van der Waals surface area contributed by atoms with E-state index in [1.54, 1.807) is 41.5 Å². The molecule has 0 aliphatic heterocycles. The molecule has 0 aromatic heterocycles. The molecular weight excluding hydrogens is 300 g/mol. The van der Waals surface area contributed by atoms with E-state index in [0.717, 1.165) is 0 Å². The molecule has 2 amide bonds. The van der Waals surface area contributed by atoms with Gasteiger partial charge in [-0.3, -0.25) is 0 Å². The van der Waals surface area contributed by atoms with Crippen LogP contribution in [0.2, 0.25) is 0 Å². The lowest BCUT2D eigenvalue weighted by atomic mass is 10.1. The molecule has 7 heteroatoms. The van der Waals surface area contributed by atoms with Gasteiger partial charge in [0.2, 0.25) is 0 Å². The monoisotopic (exact) mass is 330 g/mol. The topological polar surface area (TPSA) is 93.7 Å². The van der Waals surface area contributed by atoms with Gasteiger partial charge in [0.1, 0.15) is 17.5 Å². The zero-order valence-corrected chi connectivity index (χ0v) is 15.0. The molecule has 7 nitrogen and oxygen atoms in total. The van der Waals surface area contributed by atoms with Crippen LogP contribution < -0.4 is 10.6 Å². The number of aldehydes is 1. The summed E-state index contributed by atoms with van der Waals surface area (Å²) in [4.78, 5) is 34.0. The van der Waals surface area contributed by atoms with Crippen LogP contribution in [-0.2, 0) is 14.3 Å². The van der Waals surface area contributed by atoms with Crippen LogP contribution in [-0.4, -0.2) is 42.3 Å². The minimum atomic E-state index is -0.610. The summed E-state index contributed by atoms with van der Waals surface area (Å²) in [6, 6.07) is -0.591. The van der Waals surface area contributed by atoms with Gasteiger partial charge in [-0.15, -0.1) is 0 Å². The maximum absolute atomic E-state index is 11.6. The average molecular weight is 330 g/mol. The van der Waals surface area contributed by atoms with Crippen molar-refractivity contribution in [2.45, 2.75) is 78.0 Å². The van der Waals surface area contributed by atoms with Gasteiger partial charge < -0.3 is 24.9 Å². The summed E-state index contributed by atoms with van der Waals surface area (Å²) in [5.41, 5.74) is -1.13. The normalized spacial score (nSPS) is 13.0. The van der Waals surface area contributed by atoms with Gasteiger partial charge in [-0.25, -0.2) is 9.59 Å². The summed E-state index contributed by atoms with van der Waals surface area (Å²) in [6.07, 6.45) is 1.45. The minimum absolute atomic E-state index is 0.451. The standard InChI is InChI=1S/C16H30N2O5/c1-15(2,3)22-13(20)17-10-8-7-9-12(11-19)18-14(21)23-16(4,5)6/h11-12H,7-10H2,1-6H3,(H,17,20)(H,18,21). The van der Waals surface area contributed by atoms with Crippen molar-refractivity contribution in [1.29, 1.82) is 0 Å². The molecule has 2 N–H and O–H groups in total. The fraction of sp³-hybridized carbons (Fsp3) is 0.812. The maximum Gasteiger partial charge on any atom is 0.408 e. The molecule has 0 aromatic carbocycles. The smallest absolute Gasteiger partial charge is 0.408 e. The molecule has 0 fully saturated rings. The summed E-state index contributed by atoms with van der Waals surface area (Å²) >= 11 is 0. The van der Waals surface area contributed by atoms with E-state index in [1.807, 2.05) is 0 Å².